The molecule has 0 aromatic carbocycles. The average molecular weight is 445 g/mol. The van der Waals surface area contributed by atoms with Gasteiger partial charge in [0.1, 0.15) is 0 Å². The van der Waals surface area contributed by atoms with E-state index in [9.17, 15) is 4.79 Å². The maximum atomic E-state index is 11.1. The van der Waals surface area contributed by atoms with Gasteiger partial charge in [-0.05, 0) is 18.8 Å². The second-order valence-electron chi connectivity index (χ2n) is 9.15. The molecule has 0 aromatic heterocycles. The zero-order valence-electron chi connectivity index (χ0n) is 21.1. The van der Waals surface area contributed by atoms with Crippen LogP contribution in [0.1, 0.15) is 149 Å². The van der Waals surface area contributed by atoms with Crippen molar-refractivity contribution < 1.29 is 20.1 Å². The van der Waals surface area contributed by atoms with E-state index in [1.54, 1.807) is 0 Å². The van der Waals surface area contributed by atoms with Crippen molar-refractivity contribution in [1.82, 2.24) is 0 Å². The zero-order valence-corrected chi connectivity index (χ0v) is 21.1. The number of carboxylic acids is 1. The van der Waals surface area contributed by atoms with Crippen LogP contribution < -0.4 is 0 Å². The van der Waals surface area contributed by atoms with Crippen LogP contribution in [0.4, 0.5) is 0 Å². The minimum atomic E-state index is -0.605. The van der Waals surface area contributed by atoms with Gasteiger partial charge >= 0.3 is 5.97 Å². The molecule has 0 aliphatic carbocycles. The molecule has 0 rings (SSSR count). The van der Waals surface area contributed by atoms with Gasteiger partial charge in [0.25, 0.3) is 0 Å². The van der Waals surface area contributed by atoms with Gasteiger partial charge in [-0.1, -0.05) is 129 Å². The van der Waals surface area contributed by atoms with Crippen LogP contribution in [0, 0.1) is 5.92 Å². The molecule has 0 bridgehead atoms. The van der Waals surface area contributed by atoms with Crippen LogP contribution in [0.3, 0.4) is 0 Å². The Morgan fingerprint density at radius 1 is 0.548 bits per heavy atom. The standard InChI is InChI=1S/C25H50O2.C2H6O2/c1-3-5-7-9-11-13-14-16-18-20-22-24(23-25(26)27)21-19-17-15-12-10-8-6-4-2;3-1-2-4/h24H,3-23H2,1-2H3,(H,26,27);3-4H,1-2H2. The quantitative estimate of drug-likeness (QED) is 0.140. The monoisotopic (exact) mass is 444 g/mol. The molecular weight excluding hydrogens is 388 g/mol. The summed E-state index contributed by atoms with van der Waals surface area (Å²) in [5.41, 5.74) is 0. The predicted octanol–water partition coefficient (Wildman–Crippen LogP) is 7.89. The number of hydrogen-bond acceptors (Lipinski definition) is 3. The summed E-state index contributed by atoms with van der Waals surface area (Å²) in [7, 11) is 0. The molecule has 0 saturated heterocycles. The number of unbranched alkanes of at least 4 members (excludes halogenated alkanes) is 16. The molecule has 0 aliphatic heterocycles. The first-order chi connectivity index (χ1) is 15.1. The Morgan fingerprint density at radius 2 is 0.839 bits per heavy atom. The first-order valence-corrected chi connectivity index (χ1v) is 13.6. The fourth-order valence-corrected chi connectivity index (χ4v) is 4.08. The number of hydrogen-bond donors (Lipinski definition) is 3. The number of rotatable bonds is 23. The molecule has 0 radical (unpaired) electrons. The molecule has 188 valence electrons. The van der Waals surface area contributed by atoms with Gasteiger partial charge in [-0.3, -0.25) is 4.79 Å². The van der Waals surface area contributed by atoms with E-state index in [0.29, 0.717) is 12.3 Å². The van der Waals surface area contributed by atoms with Gasteiger partial charge in [0.2, 0.25) is 0 Å². The molecule has 0 heterocycles. The van der Waals surface area contributed by atoms with Crippen LogP contribution in [-0.2, 0) is 4.79 Å². The average Bonchev–Trinajstić information content (AvgIpc) is 2.76. The van der Waals surface area contributed by atoms with Crippen LogP contribution in [0.25, 0.3) is 0 Å². The lowest BCUT2D eigenvalue weighted by Crippen LogP contribution is -2.08. The zero-order chi connectivity index (χ0) is 23.4. The number of carbonyl (C=O) groups is 1. The van der Waals surface area contributed by atoms with Crippen LogP contribution in [0.2, 0.25) is 0 Å². The topological polar surface area (TPSA) is 77.8 Å². The van der Waals surface area contributed by atoms with Gasteiger partial charge in [0, 0.05) is 6.42 Å². The van der Waals surface area contributed by atoms with E-state index in [1.807, 2.05) is 0 Å². The van der Waals surface area contributed by atoms with E-state index >= 15 is 0 Å². The molecule has 0 spiro atoms. The van der Waals surface area contributed by atoms with Crippen molar-refractivity contribution in [3.05, 3.63) is 0 Å². The highest BCUT2D eigenvalue weighted by Gasteiger charge is 2.12. The third-order valence-electron chi connectivity index (χ3n) is 6.00. The highest BCUT2D eigenvalue weighted by molar-refractivity contribution is 5.66. The van der Waals surface area contributed by atoms with Crippen molar-refractivity contribution in [1.29, 1.82) is 0 Å². The Bertz CT molecular complexity index is 331. The molecule has 4 nitrogen and oxygen atoms in total. The van der Waals surface area contributed by atoms with E-state index in [4.69, 9.17) is 15.3 Å². The van der Waals surface area contributed by atoms with E-state index in [0.717, 1.165) is 12.8 Å². The summed E-state index contributed by atoms with van der Waals surface area (Å²) in [5, 5.41) is 24.4. The molecule has 4 heteroatoms. The summed E-state index contributed by atoms with van der Waals surface area (Å²) in [4.78, 5) is 11.1. The minimum absolute atomic E-state index is 0.125. The maximum Gasteiger partial charge on any atom is 0.303 e. The Balaban J connectivity index is 0. The van der Waals surface area contributed by atoms with Crippen LogP contribution in [-0.4, -0.2) is 34.5 Å². The van der Waals surface area contributed by atoms with Crippen molar-refractivity contribution in [2.45, 2.75) is 149 Å². The summed E-state index contributed by atoms with van der Waals surface area (Å²) >= 11 is 0. The number of aliphatic carboxylic acids is 1. The number of aliphatic hydroxyl groups is 2. The van der Waals surface area contributed by atoms with E-state index in [2.05, 4.69) is 13.8 Å². The van der Waals surface area contributed by atoms with Gasteiger partial charge in [-0.2, -0.15) is 0 Å². The van der Waals surface area contributed by atoms with E-state index in [1.165, 1.54) is 116 Å². The van der Waals surface area contributed by atoms with Gasteiger partial charge in [0.15, 0.2) is 0 Å². The first-order valence-electron chi connectivity index (χ1n) is 13.6. The molecule has 0 fully saturated rings. The lowest BCUT2D eigenvalue weighted by Gasteiger charge is -2.14. The second kappa shape index (κ2) is 29.4. The fraction of sp³-hybridized carbons (Fsp3) is 0.963. The highest BCUT2D eigenvalue weighted by Crippen LogP contribution is 2.22. The summed E-state index contributed by atoms with van der Waals surface area (Å²) in [5.74, 6) is -0.191. The molecule has 3 N–H and O–H groups in total. The largest absolute Gasteiger partial charge is 0.481 e. The predicted molar refractivity (Wildman–Crippen MR) is 134 cm³/mol. The molecule has 0 aliphatic rings. The van der Waals surface area contributed by atoms with Gasteiger partial charge in [-0.15, -0.1) is 0 Å². The van der Waals surface area contributed by atoms with Crippen molar-refractivity contribution in [3.63, 3.8) is 0 Å². The summed E-state index contributed by atoms with van der Waals surface area (Å²) in [6.07, 6.45) is 26.9. The summed E-state index contributed by atoms with van der Waals surface area (Å²) < 4.78 is 0. The van der Waals surface area contributed by atoms with Crippen molar-refractivity contribution in [3.8, 4) is 0 Å². The minimum Gasteiger partial charge on any atom is -0.481 e. The van der Waals surface area contributed by atoms with Gasteiger partial charge in [-0.25, -0.2) is 0 Å². The SMILES string of the molecule is CCCCCCCCCCCCC(CCCCCCCCCC)CC(=O)O.OCCO. The molecule has 1 unspecified atom stereocenters. The Hall–Kier alpha value is -0.610. The van der Waals surface area contributed by atoms with Crippen LogP contribution >= 0.6 is 0 Å². The van der Waals surface area contributed by atoms with Crippen molar-refractivity contribution >= 4 is 5.97 Å². The maximum absolute atomic E-state index is 11.1. The Kier molecular flexibility index (Phi) is 30.9. The second-order valence-corrected chi connectivity index (χ2v) is 9.15. The molecule has 0 amide bonds. The third kappa shape index (κ3) is 31.7. The molecule has 1 atom stereocenters. The number of aliphatic hydroxyl groups excluding tert-OH is 2. The Labute approximate surface area is 194 Å². The summed E-state index contributed by atoms with van der Waals surface area (Å²) in [6.45, 7) is 4.28. The normalized spacial score (nSPS) is 11.7. The molecule has 0 saturated carbocycles. The van der Waals surface area contributed by atoms with Gasteiger partial charge in [0.05, 0.1) is 13.2 Å². The third-order valence-corrected chi connectivity index (χ3v) is 6.00. The van der Waals surface area contributed by atoms with Crippen LogP contribution in [0.15, 0.2) is 0 Å². The lowest BCUT2D eigenvalue weighted by molar-refractivity contribution is -0.138. The first kappa shape index (κ1) is 32.6. The van der Waals surface area contributed by atoms with E-state index in [-0.39, 0.29) is 13.2 Å². The lowest BCUT2D eigenvalue weighted by atomic mass is 9.91. The highest BCUT2D eigenvalue weighted by atomic mass is 16.4. The Morgan fingerprint density at radius 3 is 1.10 bits per heavy atom. The fourth-order valence-electron chi connectivity index (χ4n) is 4.08. The van der Waals surface area contributed by atoms with E-state index < -0.39 is 5.97 Å². The smallest absolute Gasteiger partial charge is 0.303 e. The number of carboxylic acid groups (broad SMARTS) is 1. The van der Waals surface area contributed by atoms with Crippen LogP contribution in [0.5, 0.6) is 0 Å². The summed E-state index contributed by atoms with van der Waals surface area (Å²) in [6, 6.07) is 0. The van der Waals surface area contributed by atoms with Gasteiger partial charge < -0.3 is 15.3 Å². The van der Waals surface area contributed by atoms with Crippen molar-refractivity contribution in [2.75, 3.05) is 13.2 Å². The molecule has 0 aromatic rings. The molecule has 31 heavy (non-hydrogen) atoms. The van der Waals surface area contributed by atoms with Crippen molar-refractivity contribution in [2.24, 2.45) is 5.92 Å². The molecular formula is C27H56O4.